The summed E-state index contributed by atoms with van der Waals surface area (Å²) in [6, 6.07) is 13.4. The van der Waals surface area contributed by atoms with E-state index in [1.165, 1.54) is 0 Å². The summed E-state index contributed by atoms with van der Waals surface area (Å²) >= 11 is 5.84. The van der Waals surface area contributed by atoms with E-state index in [0.29, 0.717) is 17.3 Å². The quantitative estimate of drug-likeness (QED) is 0.536. The minimum atomic E-state index is -0.615. The Morgan fingerprint density at radius 3 is 2.62 bits per heavy atom. The van der Waals surface area contributed by atoms with Crippen LogP contribution < -0.4 is 5.32 Å². The Labute approximate surface area is 192 Å². The Morgan fingerprint density at radius 1 is 1.12 bits per heavy atom. The van der Waals surface area contributed by atoms with Crippen molar-refractivity contribution in [2.75, 3.05) is 7.05 Å². The highest BCUT2D eigenvalue weighted by molar-refractivity contribution is 6.29. The molecule has 3 aromatic rings. The lowest BCUT2D eigenvalue weighted by molar-refractivity contribution is 0.0785. The molecule has 0 aliphatic carbocycles. The van der Waals surface area contributed by atoms with Crippen LogP contribution in [0.15, 0.2) is 61.1 Å². The highest BCUT2D eigenvalue weighted by Crippen LogP contribution is 2.27. The summed E-state index contributed by atoms with van der Waals surface area (Å²) < 4.78 is 0. The van der Waals surface area contributed by atoms with E-state index in [1.54, 1.807) is 36.6 Å². The topological polar surface area (TPSA) is 91.2 Å². The number of amides is 1. The Kier molecular flexibility index (Phi) is 7.09. The molecular weight excluding hydrogens is 426 g/mol. The van der Waals surface area contributed by atoms with Gasteiger partial charge in [-0.15, -0.1) is 0 Å². The van der Waals surface area contributed by atoms with Gasteiger partial charge in [-0.3, -0.25) is 4.79 Å². The third-order valence-electron chi connectivity index (χ3n) is 5.84. The average molecular weight is 452 g/mol. The summed E-state index contributed by atoms with van der Waals surface area (Å²) in [4.78, 5) is 18.4. The molecule has 8 heteroatoms. The summed E-state index contributed by atoms with van der Waals surface area (Å²) in [5.41, 5.74) is 3.51. The number of benzene rings is 1. The number of hydrogen-bond donors (Lipinski definition) is 2. The van der Waals surface area contributed by atoms with Gasteiger partial charge in [-0.25, -0.2) is 4.98 Å². The van der Waals surface area contributed by atoms with E-state index in [1.807, 2.05) is 36.4 Å². The first-order valence-corrected chi connectivity index (χ1v) is 11.0. The maximum absolute atomic E-state index is 12.7. The van der Waals surface area contributed by atoms with Crippen molar-refractivity contribution in [3.8, 4) is 0 Å². The van der Waals surface area contributed by atoms with Gasteiger partial charge in [0, 0.05) is 49.2 Å². The molecule has 2 N–H and O–H groups in total. The smallest absolute Gasteiger partial charge is 0.253 e. The average Bonchev–Trinajstić information content (AvgIpc) is 3.28. The van der Waals surface area contributed by atoms with Crippen molar-refractivity contribution in [1.82, 2.24) is 25.4 Å². The fourth-order valence-corrected chi connectivity index (χ4v) is 4.21. The van der Waals surface area contributed by atoms with E-state index in [9.17, 15) is 9.90 Å². The van der Waals surface area contributed by atoms with Crippen molar-refractivity contribution < 1.29 is 9.90 Å². The molecule has 3 unspecified atom stereocenters. The largest absolute Gasteiger partial charge is 0.387 e. The summed E-state index contributed by atoms with van der Waals surface area (Å²) in [6.07, 6.45) is 7.00. The normalized spacial score (nSPS) is 19.0. The SMILES string of the molecule is CN(Cc1ccnnc1)C(=O)c1ccc(CC2CCC(C(O)c3ccc(Cl)nc3)N2)cc1. The van der Waals surface area contributed by atoms with Crippen LogP contribution in [0.4, 0.5) is 0 Å². The first-order chi connectivity index (χ1) is 15.5. The third kappa shape index (κ3) is 5.48. The highest BCUT2D eigenvalue weighted by atomic mass is 35.5. The number of halogens is 1. The van der Waals surface area contributed by atoms with Crippen molar-refractivity contribution >= 4 is 17.5 Å². The van der Waals surface area contributed by atoms with E-state index in [0.717, 1.165) is 36.0 Å². The Hall–Kier alpha value is -2.87. The molecule has 1 amide bonds. The van der Waals surface area contributed by atoms with Crippen LogP contribution in [-0.2, 0) is 13.0 Å². The van der Waals surface area contributed by atoms with Crippen LogP contribution in [0.1, 0.15) is 46.0 Å². The molecule has 7 nitrogen and oxygen atoms in total. The van der Waals surface area contributed by atoms with Crippen LogP contribution in [0.5, 0.6) is 0 Å². The zero-order valence-electron chi connectivity index (χ0n) is 17.9. The van der Waals surface area contributed by atoms with Gasteiger partial charge in [-0.05, 0) is 54.7 Å². The van der Waals surface area contributed by atoms with Gasteiger partial charge in [-0.2, -0.15) is 10.2 Å². The van der Waals surface area contributed by atoms with Crippen LogP contribution in [0, 0.1) is 0 Å². The number of carbonyl (C=O) groups excluding carboxylic acids is 1. The number of carbonyl (C=O) groups is 1. The first-order valence-electron chi connectivity index (χ1n) is 10.6. The van der Waals surface area contributed by atoms with Gasteiger partial charge in [0.2, 0.25) is 0 Å². The molecule has 3 heterocycles. The molecular formula is C24H26ClN5O2. The number of pyridine rings is 1. The lowest BCUT2D eigenvalue weighted by atomic mass is 10.0. The van der Waals surface area contributed by atoms with E-state index in [-0.39, 0.29) is 18.0 Å². The molecule has 1 fully saturated rings. The number of hydrogen-bond acceptors (Lipinski definition) is 6. The van der Waals surface area contributed by atoms with Crippen molar-refractivity contribution in [2.24, 2.45) is 0 Å². The molecule has 1 aliphatic rings. The molecule has 1 aliphatic heterocycles. The molecule has 0 bridgehead atoms. The fraction of sp³-hybridized carbons (Fsp3) is 0.333. The maximum Gasteiger partial charge on any atom is 0.253 e. The first kappa shape index (κ1) is 22.3. The zero-order valence-corrected chi connectivity index (χ0v) is 18.6. The van der Waals surface area contributed by atoms with E-state index in [4.69, 9.17) is 11.6 Å². The Morgan fingerprint density at radius 2 is 1.94 bits per heavy atom. The second kappa shape index (κ2) is 10.2. The van der Waals surface area contributed by atoms with Crippen LogP contribution in [-0.4, -0.2) is 50.2 Å². The Bertz CT molecular complexity index is 1030. The van der Waals surface area contributed by atoms with Crippen LogP contribution in [0.25, 0.3) is 0 Å². The van der Waals surface area contributed by atoms with Gasteiger partial charge in [0.1, 0.15) is 5.15 Å². The number of aliphatic hydroxyl groups is 1. The summed E-state index contributed by atoms with van der Waals surface area (Å²) in [5.74, 6) is -0.0351. The molecule has 0 spiro atoms. The second-order valence-electron chi connectivity index (χ2n) is 8.22. The number of nitrogens with zero attached hydrogens (tertiary/aromatic N) is 4. The standard InChI is InChI=1S/C24H26ClN5O2/c1-30(15-17-10-11-27-28-13-17)24(32)18-4-2-16(3-5-18)12-20-7-8-21(29-20)23(31)19-6-9-22(25)26-14-19/h2-6,9-11,13-14,20-21,23,29,31H,7-8,12,15H2,1H3. The summed E-state index contributed by atoms with van der Waals surface area (Å²) in [6.45, 7) is 0.481. The zero-order chi connectivity index (χ0) is 22.5. The van der Waals surface area contributed by atoms with Gasteiger partial charge < -0.3 is 15.3 Å². The van der Waals surface area contributed by atoms with Gasteiger partial charge in [0.15, 0.2) is 0 Å². The highest BCUT2D eigenvalue weighted by Gasteiger charge is 2.30. The number of aromatic nitrogens is 3. The molecule has 0 radical (unpaired) electrons. The lowest BCUT2D eigenvalue weighted by Crippen LogP contribution is -2.35. The molecule has 4 rings (SSSR count). The van der Waals surface area contributed by atoms with E-state index < -0.39 is 6.10 Å². The van der Waals surface area contributed by atoms with Crippen molar-refractivity contribution in [2.45, 2.75) is 44.0 Å². The van der Waals surface area contributed by atoms with Crippen molar-refractivity contribution in [3.05, 3.63) is 88.5 Å². The van der Waals surface area contributed by atoms with Gasteiger partial charge in [0.25, 0.3) is 5.91 Å². The van der Waals surface area contributed by atoms with Crippen LogP contribution in [0.3, 0.4) is 0 Å². The number of aliphatic hydroxyl groups excluding tert-OH is 1. The molecule has 3 atom stereocenters. The molecule has 2 aromatic heterocycles. The monoisotopic (exact) mass is 451 g/mol. The second-order valence-corrected chi connectivity index (χ2v) is 8.61. The van der Waals surface area contributed by atoms with Crippen LogP contribution >= 0.6 is 11.6 Å². The fourth-order valence-electron chi connectivity index (χ4n) is 4.10. The van der Waals surface area contributed by atoms with Gasteiger partial charge in [0.05, 0.1) is 12.3 Å². The molecule has 1 saturated heterocycles. The third-order valence-corrected chi connectivity index (χ3v) is 6.07. The predicted octanol–water partition coefficient (Wildman–Crippen LogP) is 3.19. The molecule has 166 valence electrons. The van der Waals surface area contributed by atoms with E-state index in [2.05, 4.69) is 20.5 Å². The lowest BCUT2D eigenvalue weighted by Gasteiger charge is -2.20. The van der Waals surface area contributed by atoms with E-state index >= 15 is 0 Å². The number of nitrogens with one attached hydrogen (secondary N) is 1. The van der Waals surface area contributed by atoms with Gasteiger partial charge in [-0.1, -0.05) is 29.8 Å². The predicted molar refractivity (Wildman–Crippen MR) is 122 cm³/mol. The summed E-state index contributed by atoms with van der Waals surface area (Å²) in [5, 5.41) is 22.2. The number of rotatable bonds is 7. The maximum atomic E-state index is 12.7. The molecule has 1 aromatic carbocycles. The van der Waals surface area contributed by atoms with Crippen LogP contribution in [0.2, 0.25) is 5.15 Å². The van der Waals surface area contributed by atoms with Crippen molar-refractivity contribution in [1.29, 1.82) is 0 Å². The molecule has 0 saturated carbocycles. The minimum absolute atomic E-state index is 0.0137. The molecule has 32 heavy (non-hydrogen) atoms. The van der Waals surface area contributed by atoms with Gasteiger partial charge >= 0.3 is 0 Å². The minimum Gasteiger partial charge on any atom is -0.387 e. The Balaban J connectivity index is 1.31. The van der Waals surface area contributed by atoms with Crippen molar-refractivity contribution in [3.63, 3.8) is 0 Å². The summed E-state index contributed by atoms with van der Waals surface area (Å²) in [7, 11) is 1.78.